The van der Waals surface area contributed by atoms with Gasteiger partial charge in [-0.25, -0.2) is 0 Å². The number of hydrazone groups is 1. The first-order chi connectivity index (χ1) is 6.11. The Hall–Kier alpha value is -1.06. The third-order valence-electron chi connectivity index (χ3n) is 3.04. The predicted molar refractivity (Wildman–Crippen MR) is 50.4 cm³/mol. The summed E-state index contributed by atoms with van der Waals surface area (Å²) in [6, 6.07) is -0.0289. The van der Waals surface area contributed by atoms with Gasteiger partial charge in [-0.15, -0.1) is 0 Å². The van der Waals surface area contributed by atoms with E-state index in [0.29, 0.717) is 5.92 Å². The van der Waals surface area contributed by atoms with Gasteiger partial charge in [-0.2, -0.15) is 5.10 Å². The van der Waals surface area contributed by atoms with E-state index in [1.807, 2.05) is 21.0 Å². The van der Waals surface area contributed by atoms with Crippen LogP contribution in [0.2, 0.25) is 0 Å². The third-order valence-corrected chi connectivity index (χ3v) is 3.04. The summed E-state index contributed by atoms with van der Waals surface area (Å²) in [7, 11) is 3.74. The highest BCUT2D eigenvalue weighted by atomic mass is 16.2. The number of nitrogens with zero attached hydrogens (tertiary/aromatic N) is 3. The first-order valence-electron chi connectivity index (χ1n) is 4.64. The van der Waals surface area contributed by atoms with E-state index in [2.05, 4.69) is 5.10 Å². The average molecular weight is 181 g/mol. The van der Waals surface area contributed by atoms with Gasteiger partial charge in [-0.05, 0) is 13.3 Å². The fraction of sp³-hybridized carbons (Fsp3) is 0.778. The summed E-state index contributed by atoms with van der Waals surface area (Å²) in [4.78, 5) is 13.6. The van der Waals surface area contributed by atoms with Crippen molar-refractivity contribution >= 4 is 11.6 Å². The number of rotatable bonds is 0. The maximum Gasteiger partial charge on any atom is 0.247 e. The van der Waals surface area contributed by atoms with Gasteiger partial charge in [0.1, 0.15) is 6.04 Å². The quantitative estimate of drug-likeness (QED) is 0.533. The van der Waals surface area contributed by atoms with Crippen LogP contribution in [0.25, 0.3) is 0 Å². The highest BCUT2D eigenvalue weighted by Gasteiger charge is 2.42. The van der Waals surface area contributed by atoms with Crippen LogP contribution in [0, 0.1) is 5.92 Å². The van der Waals surface area contributed by atoms with Crippen LogP contribution < -0.4 is 0 Å². The Morgan fingerprint density at radius 2 is 2.15 bits per heavy atom. The van der Waals surface area contributed by atoms with Crippen molar-refractivity contribution in [2.24, 2.45) is 11.0 Å². The molecule has 0 bridgehead atoms. The summed E-state index contributed by atoms with van der Waals surface area (Å²) < 4.78 is 0. The lowest BCUT2D eigenvalue weighted by Gasteiger charge is -2.34. The number of fused-ring (bicyclic) bond motifs is 1. The zero-order chi connectivity index (χ0) is 9.59. The molecule has 0 spiro atoms. The number of piperidine rings is 1. The molecule has 0 aromatic heterocycles. The van der Waals surface area contributed by atoms with Crippen LogP contribution in [-0.2, 0) is 4.79 Å². The number of carbonyl (C=O) groups excluding carboxylic acids is 1. The lowest BCUT2D eigenvalue weighted by atomic mass is 9.89. The monoisotopic (exact) mass is 181 g/mol. The molecule has 1 fully saturated rings. The van der Waals surface area contributed by atoms with Gasteiger partial charge in [-0.1, -0.05) is 0 Å². The fourth-order valence-electron chi connectivity index (χ4n) is 2.24. The SMILES string of the molecule is CC1=NN(C)C2C(=O)N(C)CCC12. The minimum absolute atomic E-state index is 0.0289. The van der Waals surface area contributed by atoms with Crippen LogP contribution in [0.1, 0.15) is 13.3 Å². The van der Waals surface area contributed by atoms with Crippen LogP contribution >= 0.6 is 0 Å². The van der Waals surface area contributed by atoms with E-state index in [-0.39, 0.29) is 11.9 Å². The van der Waals surface area contributed by atoms with Crippen molar-refractivity contribution in [3.05, 3.63) is 0 Å². The van der Waals surface area contributed by atoms with Crippen molar-refractivity contribution in [3.63, 3.8) is 0 Å². The summed E-state index contributed by atoms with van der Waals surface area (Å²) >= 11 is 0. The lowest BCUT2D eigenvalue weighted by molar-refractivity contribution is -0.138. The molecule has 2 atom stereocenters. The van der Waals surface area contributed by atoms with Crippen LogP contribution in [-0.4, -0.2) is 48.2 Å². The molecule has 0 saturated carbocycles. The van der Waals surface area contributed by atoms with Gasteiger partial charge in [0.15, 0.2) is 0 Å². The first kappa shape index (κ1) is 8.53. The van der Waals surface area contributed by atoms with E-state index >= 15 is 0 Å². The molecule has 72 valence electrons. The van der Waals surface area contributed by atoms with Crippen molar-refractivity contribution in [1.82, 2.24) is 9.91 Å². The molecule has 2 rings (SSSR count). The molecule has 0 aromatic rings. The molecule has 0 aromatic carbocycles. The molecule has 2 aliphatic rings. The van der Waals surface area contributed by atoms with Gasteiger partial charge in [0.05, 0.1) is 0 Å². The molecule has 2 aliphatic heterocycles. The molecule has 4 nitrogen and oxygen atoms in total. The van der Waals surface area contributed by atoms with E-state index < -0.39 is 0 Å². The molecule has 2 heterocycles. The van der Waals surface area contributed by atoms with E-state index in [9.17, 15) is 4.79 Å². The summed E-state index contributed by atoms with van der Waals surface area (Å²) in [5.41, 5.74) is 1.11. The van der Waals surface area contributed by atoms with Gasteiger partial charge in [-0.3, -0.25) is 9.80 Å². The summed E-state index contributed by atoms with van der Waals surface area (Å²) in [5, 5.41) is 6.12. The Morgan fingerprint density at radius 1 is 1.46 bits per heavy atom. The third kappa shape index (κ3) is 1.12. The van der Waals surface area contributed by atoms with E-state index in [1.54, 1.807) is 9.91 Å². The standard InChI is InChI=1S/C9H15N3O/c1-6-7-4-5-11(2)9(13)8(7)12(3)10-6/h7-8H,4-5H2,1-3H3. The zero-order valence-corrected chi connectivity index (χ0v) is 8.32. The minimum Gasteiger partial charge on any atom is -0.344 e. The van der Waals surface area contributed by atoms with Gasteiger partial charge in [0.25, 0.3) is 0 Å². The second-order valence-electron chi connectivity index (χ2n) is 3.91. The van der Waals surface area contributed by atoms with Crippen molar-refractivity contribution in [1.29, 1.82) is 0 Å². The lowest BCUT2D eigenvalue weighted by Crippen LogP contribution is -2.51. The Kier molecular flexibility index (Phi) is 1.78. The molecule has 2 unspecified atom stereocenters. The van der Waals surface area contributed by atoms with Crippen LogP contribution in [0.4, 0.5) is 0 Å². The Bertz CT molecular complexity index is 274. The summed E-state index contributed by atoms with van der Waals surface area (Å²) in [5.74, 6) is 0.563. The topological polar surface area (TPSA) is 35.9 Å². The smallest absolute Gasteiger partial charge is 0.247 e. The Labute approximate surface area is 78.2 Å². The normalized spacial score (nSPS) is 33.5. The Morgan fingerprint density at radius 3 is 2.85 bits per heavy atom. The second kappa shape index (κ2) is 2.72. The highest BCUT2D eigenvalue weighted by molar-refractivity contribution is 5.95. The molecular weight excluding hydrogens is 166 g/mol. The van der Waals surface area contributed by atoms with E-state index in [1.165, 1.54) is 0 Å². The molecule has 1 amide bonds. The maximum absolute atomic E-state index is 11.8. The van der Waals surface area contributed by atoms with Gasteiger partial charge in [0.2, 0.25) is 5.91 Å². The number of hydrogen-bond acceptors (Lipinski definition) is 3. The molecule has 0 radical (unpaired) electrons. The van der Waals surface area contributed by atoms with Crippen molar-refractivity contribution in [3.8, 4) is 0 Å². The highest BCUT2D eigenvalue weighted by Crippen LogP contribution is 2.28. The summed E-state index contributed by atoms with van der Waals surface area (Å²) in [6.07, 6.45) is 1.05. The van der Waals surface area contributed by atoms with Gasteiger partial charge >= 0.3 is 0 Å². The van der Waals surface area contributed by atoms with E-state index in [4.69, 9.17) is 0 Å². The van der Waals surface area contributed by atoms with Crippen LogP contribution in [0.5, 0.6) is 0 Å². The molecule has 1 saturated heterocycles. The fourth-order valence-corrected chi connectivity index (χ4v) is 2.24. The predicted octanol–water partition coefficient (Wildman–Crippen LogP) is 0.155. The van der Waals surface area contributed by atoms with Crippen LogP contribution in [0.15, 0.2) is 5.10 Å². The second-order valence-corrected chi connectivity index (χ2v) is 3.91. The van der Waals surface area contributed by atoms with Crippen molar-refractivity contribution in [2.45, 2.75) is 19.4 Å². The maximum atomic E-state index is 11.8. The van der Waals surface area contributed by atoms with Gasteiger partial charge < -0.3 is 4.90 Å². The molecule has 13 heavy (non-hydrogen) atoms. The number of carbonyl (C=O) groups is 1. The zero-order valence-electron chi connectivity index (χ0n) is 8.32. The van der Waals surface area contributed by atoms with Crippen LogP contribution in [0.3, 0.4) is 0 Å². The first-order valence-corrected chi connectivity index (χ1v) is 4.64. The van der Waals surface area contributed by atoms with E-state index in [0.717, 1.165) is 18.7 Å². The summed E-state index contributed by atoms with van der Waals surface area (Å²) in [6.45, 7) is 2.88. The molecular formula is C9H15N3O. The number of likely N-dealkylation sites (N-methyl/N-ethyl adjacent to an activating group) is 2. The number of likely N-dealkylation sites (tertiary alicyclic amines) is 1. The molecule has 4 heteroatoms. The molecule has 0 aliphatic carbocycles. The van der Waals surface area contributed by atoms with Gasteiger partial charge in [0, 0.05) is 32.3 Å². The van der Waals surface area contributed by atoms with Crippen molar-refractivity contribution in [2.75, 3.05) is 20.6 Å². The Balaban J connectivity index is 2.25. The van der Waals surface area contributed by atoms with Crippen molar-refractivity contribution < 1.29 is 4.79 Å². The largest absolute Gasteiger partial charge is 0.344 e. The molecule has 0 N–H and O–H groups in total. The number of hydrogen-bond donors (Lipinski definition) is 0. The minimum atomic E-state index is -0.0289. The average Bonchev–Trinajstić information content (AvgIpc) is 2.35. The number of amides is 1.